The summed E-state index contributed by atoms with van der Waals surface area (Å²) in [6.07, 6.45) is 0.583. The first kappa shape index (κ1) is 13.5. The van der Waals surface area contributed by atoms with E-state index < -0.39 is 10.0 Å². The Kier molecular flexibility index (Phi) is 4.37. The van der Waals surface area contributed by atoms with Crippen LogP contribution < -0.4 is 5.32 Å². The summed E-state index contributed by atoms with van der Waals surface area (Å²) in [6, 6.07) is 9.81. The van der Waals surface area contributed by atoms with Gasteiger partial charge in [0.2, 0.25) is 10.0 Å². The number of hydrogen-bond acceptors (Lipinski definition) is 3. The molecule has 1 atom stereocenters. The van der Waals surface area contributed by atoms with Gasteiger partial charge in [0.15, 0.2) is 0 Å². The third-order valence-electron chi connectivity index (χ3n) is 3.29. The Morgan fingerprint density at radius 1 is 1.33 bits per heavy atom. The van der Waals surface area contributed by atoms with E-state index in [1.54, 1.807) is 4.31 Å². The third-order valence-corrected chi connectivity index (χ3v) is 5.27. The van der Waals surface area contributed by atoms with Gasteiger partial charge in [0.25, 0.3) is 0 Å². The number of benzene rings is 1. The molecule has 0 bridgehead atoms. The Bertz CT molecular complexity index is 473. The summed E-state index contributed by atoms with van der Waals surface area (Å²) in [5.41, 5.74) is 1.07. The number of sulfonamides is 1. The standard InChI is InChI=1S/C13H20N2O2S/c1-12-11-14-8-9-15(12)18(16,17)10-7-13-5-3-2-4-6-13/h2-6,12,14H,7-11H2,1H3/t12-/m0/s1. The SMILES string of the molecule is C[C@H]1CNCCN1S(=O)(=O)CCc1ccccc1. The van der Waals surface area contributed by atoms with Gasteiger partial charge in [-0.1, -0.05) is 30.3 Å². The van der Waals surface area contributed by atoms with E-state index in [2.05, 4.69) is 5.32 Å². The van der Waals surface area contributed by atoms with Crippen molar-refractivity contribution < 1.29 is 8.42 Å². The Morgan fingerprint density at radius 3 is 2.72 bits per heavy atom. The van der Waals surface area contributed by atoms with Crippen molar-refractivity contribution >= 4 is 10.0 Å². The van der Waals surface area contributed by atoms with Crippen molar-refractivity contribution in [1.82, 2.24) is 9.62 Å². The summed E-state index contributed by atoms with van der Waals surface area (Å²) in [6.45, 7) is 4.02. The Labute approximate surface area is 109 Å². The van der Waals surface area contributed by atoms with Crippen LogP contribution in [0.25, 0.3) is 0 Å². The second-order valence-corrected chi connectivity index (χ2v) is 6.76. The van der Waals surface area contributed by atoms with Crippen LogP contribution in [-0.4, -0.2) is 44.2 Å². The molecule has 4 nitrogen and oxygen atoms in total. The van der Waals surface area contributed by atoms with Crippen molar-refractivity contribution in [3.8, 4) is 0 Å². The topological polar surface area (TPSA) is 49.4 Å². The van der Waals surface area contributed by atoms with E-state index in [1.165, 1.54) is 0 Å². The van der Waals surface area contributed by atoms with Crippen LogP contribution in [-0.2, 0) is 16.4 Å². The van der Waals surface area contributed by atoms with Crippen molar-refractivity contribution in [2.24, 2.45) is 0 Å². The fraction of sp³-hybridized carbons (Fsp3) is 0.538. The molecule has 0 radical (unpaired) electrons. The van der Waals surface area contributed by atoms with Gasteiger partial charge in [-0.15, -0.1) is 0 Å². The number of rotatable bonds is 4. The maximum Gasteiger partial charge on any atom is 0.214 e. The molecule has 0 amide bonds. The van der Waals surface area contributed by atoms with Crippen LogP contribution >= 0.6 is 0 Å². The summed E-state index contributed by atoms with van der Waals surface area (Å²) in [5.74, 6) is 0.196. The van der Waals surface area contributed by atoms with Crippen molar-refractivity contribution in [1.29, 1.82) is 0 Å². The van der Waals surface area contributed by atoms with Crippen LogP contribution in [0.1, 0.15) is 12.5 Å². The molecule has 0 aromatic heterocycles. The summed E-state index contributed by atoms with van der Waals surface area (Å²) in [5, 5.41) is 3.20. The number of aryl methyl sites for hydroxylation is 1. The Morgan fingerprint density at radius 2 is 2.06 bits per heavy atom. The van der Waals surface area contributed by atoms with Crippen molar-refractivity contribution in [3.05, 3.63) is 35.9 Å². The molecule has 1 saturated heterocycles. The minimum atomic E-state index is -3.14. The van der Waals surface area contributed by atoms with E-state index in [0.29, 0.717) is 13.0 Å². The maximum atomic E-state index is 12.3. The normalized spacial score (nSPS) is 21.9. The first-order chi connectivity index (χ1) is 8.59. The summed E-state index contributed by atoms with van der Waals surface area (Å²) < 4.78 is 26.2. The zero-order valence-electron chi connectivity index (χ0n) is 10.7. The van der Waals surface area contributed by atoms with Gasteiger partial charge in [0, 0.05) is 25.7 Å². The van der Waals surface area contributed by atoms with E-state index in [1.807, 2.05) is 37.3 Å². The molecule has 2 rings (SSSR count). The van der Waals surface area contributed by atoms with Gasteiger partial charge in [0.05, 0.1) is 5.75 Å². The van der Waals surface area contributed by atoms with E-state index in [0.717, 1.165) is 18.7 Å². The first-order valence-electron chi connectivity index (χ1n) is 6.34. The lowest BCUT2D eigenvalue weighted by atomic mass is 10.2. The Hall–Kier alpha value is -0.910. The quantitative estimate of drug-likeness (QED) is 0.881. The van der Waals surface area contributed by atoms with Gasteiger partial charge in [-0.05, 0) is 18.9 Å². The smallest absolute Gasteiger partial charge is 0.214 e. The molecule has 1 N–H and O–H groups in total. The summed E-state index contributed by atoms with van der Waals surface area (Å²) in [7, 11) is -3.14. The number of hydrogen-bond donors (Lipinski definition) is 1. The second kappa shape index (κ2) is 5.82. The van der Waals surface area contributed by atoms with Crippen molar-refractivity contribution in [3.63, 3.8) is 0 Å². The second-order valence-electron chi connectivity index (χ2n) is 4.72. The van der Waals surface area contributed by atoms with Crippen molar-refractivity contribution in [2.75, 3.05) is 25.4 Å². The molecule has 0 unspecified atom stereocenters. The number of nitrogens with zero attached hydrogens (tertiary/aromatic N) is 1. The average Bonchev–Trinajstić information content (AvgIpc) is 2.38. The minimum absolute atomic E-state index is 0.0551. The van der Waals surface area contributed by atoms with E-state index in [9.17, 15) is 8.42 Å². The highest BCUT2D eigenvalue weighted by atomic mass is 32.2. The first-order valence-corrected chi connectivity index (χ1v) is 7.95. The van der Waals surface area contributed by atoms with Gasteiger partial charge in [-0.2, -0.15) is 4.31 Å². The molecule has 1 fully saturated rings. The minimum Gasteiger partial charge on any atom is -0.314 e. The average molecular weight is 268 g/mol. The van der Waals surface area contributed by atoms with E-state index in [-0.39, 0.29) is 11.8 Å². The summed E-state index contributed by atoms with van der Waals surface area (Å²) in [4.78, 5) is 0. The zero-order valence-corrected chi connectivity index (χ0v) is 11.5. The van der Waals surface area contributed by atoms with Gasteiger partial charge < -0.3 is 5.32 Å². The van der Waals surface area contributed by atoms with Crippen LogP contribution in [0.2, 0.25) is 0 Å². The highest BCUT2D eigenvalue weighted by molar-refractivity contribution is 7.89. The molecule has 1 aliphatic heterocycles. The molecule has 100 valence electrons. The largest absolute Gasteiger partial charge is 0.314 e. The molecular formula is C13H20N2O2S. The molecule has 0 spiro atoms. The molecule has 1 aliphatic rings. The van der Waals surface area contributed by atoms with Crippen LogP contribution in [0.15, 0.2) is 30.3 Å². The van der Waals surface area contributed by atoms with Crippen LogP contribution in [0.4, 0.5) is 0 Å². The van der Waals surface area contributed by atoms with Gasteiger partial charge in [0.1, 0.15) is 0 Å². The molecule has 1 aromatic rings. The van der Waals surface area contributed by atoms with Gasteiger partial charge >= 0.3 is 0 Å². The number of piperazine rings is 1. The fourth-order valence-corrected chi connectivity index (χ4v) is 3.96. The monoisotopic (exact) mass is 268 g/mol. The fourth-order valence-electron chi connectivity index (χ4n) is 2.24. The highest BCUT2D eigenvalue weighted by Gasteiger charge is 2.28. The zero-order chi connectivity index (χ0) is 13.0. The van der Waals surface area contributed by atoms with Crippen LogP contribution in [0.5, 0.6) is 0 Å². The van der Waals surface area contributed by atoms with Gasteiger partial charge in [-0.25, -0.2) is 8.42 Å². The third kappa shape index (κ3) is 3.31. The van der Waals surface area contributed by atoms with E-state index >= 15 is 0 Å². The maximum absolute atomic E-state index is 12.3. The molecular weight excluding hydrogens is 248 g/mol. The van der Waals surface area contributed by atoms with Crippen LogP contribution in [0, 0.1) is 0 Å². The summed E-state index contributed by atoms with van der Waals surface area (Å²) >= 11 is 0. The Balaban J connectivity index is 1.99. The molecule has 1 heterocycles. The lowest BCUT2D eigenvalue weighted by molar-refractivity contribution is 0.284. The lowest BCUT2D eigenvalue weighted by Gasteiger charge is -2.32. The van der Waals surface area contributed by atoms with Crippen LogP contribution in [0.3, 0.4) is 0 Å². The highest BCUT2D eigenvalue weighted by Crippen LogP contribution is 2.12. The molecule has 0 aliphatic carbocycles. The molecule has 5 heteroatoms. The van der Waals surface area contributed by atoms with Crippen molar-refractivity contribution in [2.45, 2.75) is 19.4 Å². The molecule has 1 aromatic carbocycles. The van der Waals surface area contributed by atoms with Gasteiger partial charge in [-0.3, -0.25) is 0 Å². The molecule has 18 heavy (non-hydrogen) atoms. The predicted molar refractivity (Wildman–Crippen MR) is 73.0 cm³/mol. The van der Waals surface area contributed by atoms with E-state index in [4.69, 9.17) is 0 Å². The lowest BCUT2D eigenvalue weighted by Crippen LogP contribution is -2.52. The molecule has 0 saturated carbocycles. The number of nitrogens with one attached hydrogen (secondary N) is 1. The predicted octanol–water partition coefficient (Wildman–Crippen LogP) is 0.853.